The summed E-state index contributed by atoms with van der Waals surface area (Å²) < 4.78 is 16.0. The van der Waals surface area contributed by atoms with E-state index in [2.05, 4.69) is 20.2 Å². The van der Waals surface area contributed by atoms with Gasteiger partial charge in [0.15, 0.2) is 0 Å². The fraction of sp³-hybridized carbons (Fsp3) is 0.200. The van der Waals surface area contributed by atoms with Crippen LogP contribution < -0.4 is 0 Å². The van der Waals surface area contributed by atoms with Crippen molar-refractivity contribution in [2.24, 2.45) is 0 Å². The molecule has 0 atom stereocenters. The van der Waals surface area contributed by atoms with Crippen LogP contribution in [0.3, 0.4) is 0 Å². The van der Waals surface area contributed by atoms with Gasteiger partial charge in [0, 0.05) is 42.2 Å². The minimum Gasteiger partial charge on any atom is -0.332 e. The summed E-state index contributed by atoms with van der Waals surface area (Å²) in [6.07, 6.45) is 4.07. The van der Waals surface area contributed by atoms with E-state index in [-0.39, 0.29) is 11.7 Å². The number of nitrogens with one attached hydrogen (secondary N) is 1. The highest BCUT2D eigenvalue weighted by Gasteiger charge is 2.29. The summed E-state index contributed by atoms with van der Waals surface area (Å²) in [6.45, 7) is 2.72. The van der Waals surface area contributed by atoms with Crippen molar-refractivity contribution in [2.75, 3.05) is 6.54 Å². The third-order valence-corrected chi connectivity index (χ3v) is 5.13. The minimum absolute atomic E-state index is 0.121. The molecule has 5 rings (SSSR count). The van der Waals surface area contributed by atoms with Gasteiger partial charge in [-0.15, -0.1) is 0 Å². The number of H-pyrrole nitrogens is 1. The number of carbonyl (C=O) groups is 1. The lowest BCUT2D eigenvalue weighted by Gasteiger charge is -2.27. The zero-order valence-electron chi connectivity index (χ0n) is 15.2. The van der Waals surface area contributed by atoms with Gasteiger partial charge in [0.1, 0.15) is 17.2 Å². The van der Waals surface area contributed by atoms with E-state index in [9.17, 15) is 9.18 Å². The number of benzene rings is 1. The van der Waals surface area contributed by atoms with Crippen LogP contribution >= 0.6 is 0 Å². The number of aryl methyl sites for hydroxylation is 1. The van der Waals surface area contributed by atoms with Crippen molar-refractivity contribution >= 4 is 11.7 Å². The molecular weight excluding hydrogens is 359 g/mol. The molecule has 0 fully saturated rings. The topological polar surface area (TPSA) is 79.2 Å². The molecule has 8 heteroatoms. The third kappa shape index (κ3) is 2.49. The van der Waals surface area contributed by atoms with E-state index in [4.69, 9.17) is 0 Å². The standard InChI is InChI=1S/C20H17FN6O/c1-12-18(27-9-4-8-22-20(27)23-12)19(28)26-10-7-16-14(11-26)17(25-24-16)13-5-2-3-6-15(13)21/h2-6,8-9H,7,10-11H2,1H3,(H,24,25). The number of carbonyl (C=O) groups excluding carboxylic acids is 1. The SMILES string of the molecule is Cc1nc2ncccn2c1C(=O)N1CCc2[nH]nc(-c3ccccc3F)c2C1. The lowest BCUT2D eigenvalue weighted by molar-refractivity contribution is 0.0726. The van der Waals surface area contributed by atoms with Gasteiger partial charge < -0.3 is 4.90 Å². The molecule has 0 unspecified atom stereocenters. The van der Waals surface area contributed by atoms with Crippen molar-refractivity contribution < 1.29 is 9.18 Å². The third-order valence-electron chi connectivity index (χ3n) is 5.13. The number of fused-ring (bicyclic) bond motifs is 2. The summed E-state index contributed by atoms with van der Waals surface area (Å²) in [5.41, 5.74) is 3.93. The van der Waals surface area contributed by atoms with Crippen LogP contribution in [0.15, 0.2) is 42.7 Å². The number of aromatic nitrogens is 5. The molecule has 4 heterocycles. The van der Waals surface area contributed by atoms with E-state index in [0.717, 1.165) is 11.3 Å². The molecular formula is C20H17FN6O. The Morgan fingerprint density at radius 1 is 1.25 bits per heavy atom. The molecule has 1 amide bonds. The minimum atomic E-state index is -0.330. The van der Waals surface area contributed by atoms with Crippen LogP contribution in [0.25, 0.3) is 17.0 Å². The van der Waals surface area contributed by atoms with Crippen molar-refractivity contribution in [3.8, 4) is 11.3 Å². The molecule has 0 radical (unpaired) electrons. The number of halogens is 1. The van der Waals surface area contributed by atoms with E-state index in [1.54, 1.807) is 52.9 Å². The predicted octanol–water partition coefficient (Wildman–Crippen LogP) is 2.77. The molecule has 1 aliphatic heterocycles. The predicted molar refractivity (Wildman–Crippen MR) is 100 cm³/mol. The molecule has 0 saturated heterocycles. The maximum Gasteiger partial charge on any atom is 0.273 e. The summed E-state index contributed by atoms with van der Waals surface area (Å²) in [7, 11) is 0. The van der Waals surface area contributed by atoms with Crippen molar-refractivity contribution in [2.45, 2.75) is 19.9 Å². The first-order valence-electron chi connectivity index (χ1n) is 9.03. The van der Waals surface area contributed by atoms with E-state index >= 15 is 0 Å². The van der Waals surface area contributed by atoms with Crippen LogP contribution in [0.5, 0.6) is 0 Å². The van der Waals surface area contributed by atoms with Gasteiger partial charge >= 0.3 is 0 Å². The molecule has 4 aromatic rings. The maximum atomic E-state index is 14.3. The molecule has 3 aromatic heterocycles. The highest BCUT2D eigenvalue weighted by Crippen LogP contribution is 2.30. The Morgan fingerprint density at radius 3 is 2.96 bits per heavy atom. The second kappa shape index (κ2) is 6.26. The molecule has 0 saturated carbocycles. The zero-order valence-corrected chi connectivity index (χ0v) is 15.2. The van der Waals surface area contributed by atoms with Crippen molar-refractivity contribution in [3.63, 3.8) is 0 Å². The monoisotopic (exact) mass is 376 g/mol. The molecule has 1 N–H and O–H groups in total. The van der Waals surface area contributed by atoms with Crippen LogP contribution in [0.1, 0.15) is 27.4 Å². The van der Waals surface area contributed by atoms with Crippen LogP contribution in [-0.2, 0) is 13.0 Å². The smallest absolute Gasteiger partial charge is 0.273 e. The van der Waals surface area contributed by atoms with Gasteiger partial charge in [0.05, 0.1) is 12.2 Å². The van der Waals surface area contributed by atoms with Crippen LogP contribution in [0.4, 0.5) is 4.39 Å². The van der Waals surface area contributed by atoms with Gasteiger partial charge in [-0.1, -0.05) is 12.1 Å². The summed E-state index contributed by atoms with van der Waals surface area (Å²) in [4.78, 5) is 23.6. The van der Waals surface area contributed by atoms with Crippen LogP contribution in [0.2, 0.25) is 0 Å². The molecule has 0 spiro atoms. The molecule has 0 bridgehead atoms. The summed E-state index contributed by atoms with van der Waals surface area (Å²) in [6, 6.07) is 8.31. The van der Waals surface area contributed by atoms with Gasteiger partial charge in [-0.05, 0) is 25.1 Å². The first-order valence-corrected chi connectivity index (χ1v) is 9.03. The number of hydrogen-bond donors (Lipinski definition) is 1. The molecule has 28 heavy (non-hydrogen) atoms. The van der Waals surface area contributed by atoms with Gasteiger partial charge in [-0.2, -0.15) is 5.10 Å². The lowest BCUT2D eigenvalue weighted by atomic mass is 10.0. The molecule has 1 aliphatic rings. The highest BCUT2D eigenvalue weighted by atomic mass is 19.1. The Kier molecular flexibility index (Phi) is 3.71. The van der Waals surface area contributed by atoms with Gasteiger partial charge in [-0.25, -0.2) is 14.4 Å². The number of imidazole rings is 1. The second-order valence-electron chi connectivity index (χ2n) is 6.82. The normalized spacial score (nSPS) is 13.7. The van der Waals surface area contributed by atoms with Gasteiger partial charge in [0.25, 0.3) is 5.91 Å². The Hall–Kier alpha value is -3.55. The molecule has 1 aromatic carbocycles. The molecule has 0 aliphatic carbocycles. The first kappa shape index (κ1) is 16.6. The Bertz CT molecular complexity index is 1210. The van der Waals surface area contributed by atoms with Gasteiger partial charge in [0.2, 0.25) is 5.78 Å². The van der Waals surface area contributed by atoms with E-state index in [0.29, 0.717) is 47.9 Å². The summed E-state index contributed by atoms with van der Waals surface area (Å²) in [5, 5.41) is 7.33. The number of hydrogen-bond acceptors (Lipinski definition) is 4. The van der Waals surface area contributed by atoms with Crippen molar-refractivity contribution in [1.82, 2.24) is 29.5 Å². The Balaban J connectivity index is 1.52. The number of nitrogens with zero attached hydrogens (tertiary/aromatic N) is 5. The highest BCUT2D eigenvalue weighted by molar-refractivity contribution is 5.94. The van der Waals surface area contributed by atoms with Crippen LogP contribution in [-0.4, -0.2) is 41.9 Å². The van der Waals surface area contributed by atoms with Crippen LogP contribution in [0, 0.1) is 12.7 Å². The number of rotatable bonds is 2. The van der Waals surface area contributed by atoms with E-state index < -0.39 is 0 Å². The van der Waals surface area contributed by atoms with Crippen molar-refractivity contribution in [1.29, 1.82) is 0 Å². The number of amides is 1. The summed E-state index contributed by atoms with van der Waals surface area (Å²) in [5.74, 6) is 0.0460. The van der Waals surface area contributed by atoms with E-state index in [1.165, 1.54) is 6.07 Å². The zero-order chi connectivity index (χ0) is 19.3. The Labute approximate surface area is 159 Å². The lowest BCUT2D eigenvalue weighted by Crippen LogP contribution is -2.36. The Morgan fingerprint density at radius 2 is 2.11 bits per heavy atom. The van der Waals surface area contributed by atoms with Gasteiger partial charge in [-0.3, -0.25) is 14.3 Å². The van der Waals surface area contributed by atoms with Crippen molar-refractivity contribution in [3.05, 3.63) is 71.2 Å². The largest absolute Gasteiger partial charge is 0.332 e. The molecule has 7 nitrogen and oxygen atoms in total. The molecule has 140 valence electrons. The first-order chi connectivity index (χ1) is 13.6. The fourth-order valence-corrected chi connectivity index (χ4v) is 3.75. The average Bonchev–Trinajstić information content (AvgIpc) is 3.27. The van der Waals surface area contributed by atoms with E-state index in [1.807, 2.05) is 0 Å². The number of aromatic amines is 1. The fourth-order valence-electron chi connectivity index (χ4n) is 3.75. The second-order valence-corrected chi connectivity index (χ2v) is 6.82. The maximum absolute atomic E-state index is 14.3. The summed E-state index contributed by atoms with van der Waals surface area (Å²) >= 11 is 0. The average molecular weight is 376 g/mol. The quantitative estimate of drug-likeness (QED) is 0.583.